The van der Waals surface area contributed by atoms with E-state index in [0.29, 0.717) is 0 Å². The summed E-state index contributed by atoms with van der Waals surface area (Å²) in [4.78, 5) is 10.4. The molecule has 0 radical (unpaired) electrons. The van der Waals surface area contributed by atoms with E-state index in [4.69, 9.17) is 5.11 Å². The summed E-state index contributed by atoms with van der Waals surface area (Å²) in [7, 11) is 0. The van der Waals surface area contributed by atoms with E-state index >= 15 is 0 Å². The number of benzene rings is 1. The van der Waals surface area contributed by atoms with E-state index in [9.17, 15) is 9.18 Å². The fraction of sp³-hybridized carbons (Fsp3) is 0.125. The first-order valence-electron chi connectivity index (χ1n) is 3.26. The van der Waals surface area contributed by atoms with Gasteiger partial charge in [0.25, 0.3) is 0 Å². The largest absolute Gasteiger partial charge is 0.504 e. The first-order valence-corrected chi connectivity index (χ1v) is 3.26. The molecule has 0 aliphatic carbocycles. The average Bonchev–Trinajstić information content (AvgIpc) is 1.94. The Morgan fingerprint density at radius 3 is 2.75 bits per heavy atom. The molecule has 0 aliphatic heterocycles. The highest BCUT2D eigenvalue weighted by atomic mass is 19.1. The molecule has 0 fully saturated rings. The van der Waals surface area contributed by atoms with Gasteiger partial charge in [-0.15, -0.1) is 0 Å². The maximum absolute atomic E-state index is 12.4. The van der Waals surface area contributed by atoms with Gasteiger partial charge in [-0.25, -0.2) is 4.39 Å². The van der Waals surface area contributed by atoms with Crippen molar-refractivity contribution >= 4 is 5.97 Å². The lowest BCUT2D eigenvalue weighted by Gasteiger charge is -2.02. The maximum atomic E-state index is 12.4. The Morgan fingerprint density at radius 1 is 1.58 bits per heavy atom. The standard InChI is InChI=1S/C8H7FO3/c1-5(10)12-8-3-2-6(9)4-7(8)11/h2-4,11H,1H3. The van der Waals surface area contributed by atoms with E-state index < -0.39 is 11.8 Å². The summed E-state index contributed by atoms with van der Waals surface area (Å²) in [6, 6.07) is 3.16. The molecule has 0 saturated heterocycles. The third kappa shape index (κ3) is 1.95. The second-order valence-electron chi connectivity index (χ2n) is 2.21. The van der Waals surface area contributed by atoms with E-state index in [-0.39, 0.29) is 11.5 Å². The zero-order valence-corrected chi connectivity index (χ0v) is 6.37. The number of carbonyl (C=O) groups excluding carboxylic acids is 1. The monoisotopic (exact) mass is 170 g/mol. The molecule has 0 atom stereocenters. The summed E-state index contributed by atoms with van der Waals surface area (Å²) in [5.74, 6) is -1.56. The molecule has 0 saturated carbocycles. The Bertz CT molecular complexity index is 309. The van der Waals surface area contributed by atoms with Gasteiger partial charge in [-0.2, -0.15) is 0 Å². The lowest BCUT2D eigenvalue weighted by Crippen LogP contribution is -2.01. The minimum atomic E-state index is -0.580. The quantitative estimate of drug-likeness (QED) is 0.512. The van der Waals surface area contributed by atoms with Crippen molar-refractivity contribution in [3.05, 3.63) is 24.0 Å². The topological polar surface area (TPSA) is 46.5 Å². The number of phenols is 1. The predicted molar refractivity (Wildman–Crippen MR) is 39.4 cm³/mol. The van der Waals surface area contributed by atoms with Crippen LogP contribution in [0.5, 0.6) is 11.5 Å². The third-order valence-corrected chi connectivity index (χ3v) is 1.17. The molecule has 64 valence electrons. The molecule has 1 aromatic carbocycles. The number of carbonyl (C=O) groups is 1. The van der Waals surface area contributed by atoms with Crippen molar-refractivity contribution in [1.29, 1.82) is 0 Å². The van der Waals surface area contributed by atoms with Crippen molar-refractivity contribution in [2.75, 3.05) is 0 Å². The van der Waals surface area contributed by atoms with Crippen LogP contribution < -0.4 is 4.74 Å². The summed E-state index contributed by atoms with van der Waals surface area (Å²) < 4.78 is 16.9. The summed E-state index contributed by atoms with van der Waals surface area (Å²) in [5.41, 5.74) is 0. The zero-order valence-electron chi connectivity index (χ0n) is 6.37. The normalized spacial score (nSPS) is 9.50. The molecule has 0 spiro atoms. The van der Waals surface area contributed by atoms with Crippen LogP contribution in [-0.4, -0.2) is 11.1 Å². The number of aromatic hydroxyl groups is 1. The molecule has 12 heavy (non-hydrogen) atoms. The number of esters is 1. The van der Waals surface area contributed by atoms with Crippen molar-refractivity contribution in [2.24, 2.45) is 0 Å². The van der Waals surface area contributed by atoms with Gasteiger partial charge < -0.3 is 9.84 Å². The van der Waals surface area contributed by atoms with Crippen molar-refractivity contribution in [2.45, 2.75) is 6.92 Å². The number of halogens is 1. The van der Waals surface area contributed by atoms with Crippen LogP contribution in [0, 0.1) is 5.82 Å². The summed E-state index contributed by atoms with van der Waals surface area (Å²) >= 11 is 0. The van der Waals surface area contributed by atoms with Crippen molar-refractivity contribution in [1.82, 2.24) is 0 Å². The van der Waals surface area contributed by atoms with Gasteiger partial charge in [-0.05, 0) is 12.1 Å². The fourth-order valence-corrected chi connectivity index (χ4v) is 0.732. The summed E-state index contributed by atoms with van der Waals surface area (Å²) in [6.45, 7) is 1.20. The minimum absolute atomic E-state index is 0.0381. The van der Waals surface area contributed by atoms with Crippen LogP contribution in [0.25, 0.3) is 0 Å². The molecule has 0 aliphatic rings. The van der Waals surface area contributed by atoms with Crippen molar-refractivity contribution in [3.63, 3.8) is 0 Å². The molecule has 1 aromatic rings. The number of rotatable bonds is 1. The van der Waals surface area contributed by atoms with E-state index in [1.54, 1.807) is 0 Å². The number of ether oxygens (including phenoxy) is 1. The van der Waals surface area contributed by atoms with Crippen LogP contribution in [0.2, 0.25) is 0 Å². The Morgan fingerprint density at radius 2 is 2.25 bits per heavy atom. The van der Waals surface area contributed by atoms with Gasteiger partial charge in [0.1, 0.15) is 5.82 Å². The second-order valence-corrected chi connectivity index (χ2v) is 2.21. The van der Waals surface area contributed by atoms with Crippen LogP contribution in [0.1, 0.15) is 6.92 Å². The zero-order chi connectivity index (χ0) is 9.14. The molecule has 0 unspecified atom stereocenters. The molecule has 3 nitrogen and oxygen atoms in total. The van der Waals surface area contributed by atoms with E-state index in [1.807, 2.05) is 0 Å². The number of hydrogen-bond donors (Lipinski definition) is 1. The Kier molecular flexibility index (Phi) is 2.28. The maximum Gasteiger partial charge on any atom is 0.308 e. The Balaban J connectivity index is 2.93. The molecule has 4 heteroatoms. The minimum Gasteiger partial charge on any atom is -0.504 e. The Hall–Kier alpha value is -1.58. The van der Waals surface area contributed by atoms with E-state index in [2.05, 4.69) is 4.74 Å². The highest BCUT2D eigenvalue weighted by molar-refractivity contribution is 5.70. The lowest BCUT2D eigenvalue weighted by molar-refractivity contribution is -0.132. The van der Waals surface area contributed by atoms with Crippen LogP contribution >= 0.6 is 0 Å². The van der Waals surface area contributed by atoms with Crippen LogP contribution in [-0.2, 0) is 4.79 Å². The molecular weight excluding hydrogens is 163 g/mol. The molecule has 0 aromatic heterocycles. The van der Waals surface area contributed by atoms with Crippen molar-refractivity contribution < 1.29 is 19.0 Å². The van der Waals surface area contributed by atoms with Gasteiger partial charge >= 0.3 is 5.97 Å². The molecule has 1 N–H and O–H groups in total. The lowest BCUT2D eigenvalue weighted by atomic mass is 10.3. The van der Waals surface area contributed by atoms with Gasteiger partial charge in [0.15, 0.2) is 11.5 Å². The van der Waals surface area contributed by atoms with E-state index in [0.717, 1.165) is 12.1 Å². The van der Waals surface area contributed by atoms with Crippen LogP contribution in [0.15, 0.2) is 18.2 Å². The summed E-state index contributed by atoms with van der Waals surface area (Å²) in [6.07, 6.45) is 0. The predicted octanol–water partition coefficient (Wildman–Crippen LogP) is 1.46. The van der Waals surface area contributed by atoms with Gasteiger partial charge in [0, 0.05) is 13.0 Å². The highest BCUT2D eigenvalue weighted by Crippen LogP contribution is 2.25. The molecule has 0 bridgehead atoms. The van der Waals surface area contributed by atoms with Gasteiger partial charge in [0.05, 0.1) is 0 Å². The second kappa shape index (κ2) is 3.21. The molecule has 0 heterocycles. The fourth-order valence-electron chi connectivity index (χ4n) is 0.732. The molecular formula is C8H7FO3. The van der Waals surface area contributed by atoms with Gasteiger partial charge in [-0.1, -0.05) is 0 Å². The number of phenolic OH excluding ortho intramolecular Hbond substituents is 1. The third-order valence-electron chi connectivity index (χ3n) is 1.17. The number of hydrogen-bond acceptors (Lipinski definition) is 3. The Labute approximate surface area is 68.4 Å². The molecule has 1 rings (SSSR count). The van der Waals surface area contributed by atoms with Crippen LogP contribution in [0.4, 0.5) is 4.39 Å². The van der Waals surface area contributed by atoms with Crippen molar-refractivity contribution in [3.8, 4) is 11.5 Å². The molecule has 0 amide bonds. The highest BCUT2D eigenvalue weighted by Gasteiger charge is 2.05. The van der Waals surface area contributed by atoms with E-state index in [1.165, 1.54) is 13.0 Å². The van der Waals surface area contributed by atoms with Crippen LogP contribution in [0.3, 0.4) is 0 Å². The first-order chi connectivity index (χ1) is 5.59. The summed E-state index contributed by atoms with van der Waals surface area (Å²) in [5, 5.41) is 9.02. The first kappa shape index (κ1) is 8.52. The SMILES string of the molecule is CC(=O)Oc1ccc(F)cc1O. The van der Waals surface area contributed by atoms with Gasteiger partial charge in [0.2, 0.25) is 0 Å². The smallest absolute Gasteiger partial charge is 0.308 e. The average molecular weight is 170 g/mol. The van der Waals surface area contributed by atoms with Gasteiger partial charge in [-0.3, -0.25) is 4.79 Å².